The molecule has 0 aliphatic carbocycles. The van der Waals surface area contributed by atoms with Gasteiger partial charge in [0.05, 0.1) is 0 Å². The molecular weight excluding hydrogens is 300 g/mol. The molecule has 1 aromatic carbocycles. The highest BCUT2D eigenvalue weighted by Gasteiger charge is 2.22. The second-order valence-electron chi connectivity index (χ2n) is 6.53. The van der Waals surface area contributed by atoms with Gasteiger partial charge in [-0.05, 0) is 31.4 Å². The summed E-state index contributed by atoms with van der Waals surface area (Å²) >= 11 is 0. The number of fused-ring (bicyclic) bond motifs is 1. The number of amides is 1. The van der Waals surface area contributed by atoms with Crippen molar-refractivity contribution >= 4 is 16.8 Å². The van der Waals surface area contributed by atoms with Crippen molar-refractivity contribution < 1.29 is 9.53 Å². The van der Waals surface area contributed by atoms with Crippen molar-refractivity contribution in [1.82, 2.24) is 9.47 Å². The Morgan fingerprint density at radius 1 is 1.33 bits per heavy atom. The van der Waals surface area contributed by atoms with Crippen LogP contribution < -0.4 is 0 Å². The van der Waals surface area contributed by atoms with Gasteiger partial charge in [-0.15, -0.1) is 0 Å². The summed E-state index contributed by atoms with van der Waals surface area (Å²) in [6.45, 7) is 8.50. The molecule has 4 nitrogen and oxygen atoms in total. The number of carbonyl (C=O) groups is 1. The van der Waals surface area contributed by atoms with Gasteiger partial charge in [0.1, 0.15) is 0 Å². The minimum Gasteiger partial charge on any atom is -0.385 e. The Morgan fingerprint density at radius 3 is 2.67 bits per heavy atom. The quantitative estimate of drug-likeness (QED) is 0.687. The lowest BCUT2D eigenvalue weighted by molar-refractivity contribution is -0.127. The van der Waals surface area contributed by atoms with Crippen molar-refractivity contribution in [3.63, 3.8) is 0 Å². The molecule has 0 aliphatic rings. The molecule has 0 aliphatic heterocycles. The number of hydrogen-bond donors (Lipinski definition) is 0. The van der Waals surface area contributed by atoms with Crippen LogP contribution in [-0.2, 0) is 16.1 Å². The molecule has 0 N–H and O–H groups in total. The Hall–Kier alpha value is -1.81. The number of ether oxygens (including phenoxy) is 1. The third-order valence-electron chi connectivity index (χ3n) is 4.92. The maximum Gasteiger partial charge on any atom is 0.219 e. The fourth-order valence-electron chi connectivity index (χ4n) is 3.50. The molecule has 0 spiro atoms. The summed E-state index contributed by atoms with van der Waals surface area (Å²) in [5, 5.41) is 1.31. The Balaban J connectivity index is 2.47. The number of benzene rings is 1. The maximum absolute atomic E-state index is 11.7. The first-order valence-corrected chi connectivity index (χ1v) is 8.79. The lowest BCUT2D eigenvalue weighted by atomic mass is 9.97. The van der Waals surface area contributed by atoms with Gasteiger partial charge in [0, 0.05) is 63.3 Å². The van der Waals surface area contributed by atoms with E-state index in [4.69, 9.17) is 4.74 Å². The van der Waals surface area contributed by atoms with Crippen molar-refractivity contribution in [3.05, 3.63) is 35.5 Å². The first-order chi connectivity index (χ1) is 11.5. The van der Waals surface area contributed by atoms with Crippen molar-refractivity contribution in [2.24, 2.45) is 0 Å². The van der Waals surface area contributed by atoms with Crippen LogP contribution >= 0.6 is 0 Å². The first-order valence-electron chi connectivity index (χ1n) is 8.79. The number of rotatable bonds is 8. The minimum atomic E-state index is 0.119. The molecule has 1 atom stereocenters. The van der Waals surface area contributed by atoms with Crippen LogP contribution in [0.2, 0.25) is 0 Å². The highest BCUT2D eigenvalue weighted by Crippen LogP contribution is 2.33. The van der Waals surface area contributed by atoms with Gasteiger partial charge in [-0.3, -0.25) is 4.79 Å². The van der Waals surface area contributed by atoms with Gasteiger partial charge in [0.25, 0.3) is 0 Å². The van der Waals surface area contributed by atoms with Gasteiger partial charge in [0.2, 0.25) is 5.91 Å². The zero-order valence-electron chi connectivity index (χ0n) is 15.6. The van der Waals surface area contributed by atoms with Gasteiger partial charge in [-0.2, -0.15) is 0 Å². The number of hydrogen-bond acceptors (Lipinski definition) is 2. The van der Waals surface area contributed by atoms with Gasteiger partial charge in [-0.25, -0.2) is 0 Å². The molecular formula is C20H30N2O2. The average molecular weight is 330 g/mol. The van der Waals surface area contributed by atoms with Crippen LogP contribution in [0.3, 0.4) is 0 Å². The normalized spacial score (nSPS) is 12.5. The van der Waals surface area contributed by atoms with E-state index in [2.05, 4.69) is 42.7 Å². The van der Waals surface area contributed by atoms with E-state index in [0.29, 0.717) is 5.92 Å². The summed E-state index contributed by atoms with van der Waals surface area (Å²) < 4.78 is 7.68. The predicted octanol–water partition coefficient (Wildman–Crippen LogP) is 3.96. The van der Waals surface area contributed by atoms with Crippen LogP contribution in [-0.4, -0.2) is 42.7 Å². The number of likely N-dealkylation sites (N-methyl/N-ethyl adjacent to an activating group) is 1. The van der Waals surface area contributed by atoms with Crippen LogP contribution in [0.5, 0.6) is 0 Å². The van der Waals surface area contributed by atoms with Crippen LogP contribution in [0.1, 0.15) is 43.9 Å². The van der Waals surface area contributed by atoms with Crippen molar-refractivity contribution in [3.8, 4) is 0 Å². The van der Waals surface area contributed by atoms with E-state index in [9.17, 15) is 4.79 Å². The number of nitrogens with zero attached hydrogens (tertiary/aromatic N) is 2. The molecule has 2 aromatic rings. The molecule has 0 fully saturated rings. The Morgan fingerprint density at radius 2 is 2.04 bits per heavy atom. The van der Waals surface area contributed by atoms with E-state index < -0.39 is 0 Å². The summed E-state index contributed by atoms with van der Waals surface area (Å²) in [7, 11) is 3.63. The number of para-hydroxylation sites is 1. The van der Waals surface area contributed by atoms with Crippen molar-refractivity contribution in [2.75, 3.05) is 27.3 Å². The van der Waals surface area contributed by atoms with Gasteiger partial charge in [0.15, 0.2) is 0 Å². The molecule has 1 amide bonds. The molecule has 0 radical (unpaired) electrons. The fourth-order valence-corrected chi connectivity index (χ4v) is 3.50. The molecule has 1 aromatic heterocycles. The number of aromatic nitrogens is 1. The molecule has 1 unspecified atom stereocenters. The monoisotopic (exact) mass is 330 g/mol. The highest BCUT2D eigenvalue weighted by molar-refractivity contribution is 5.85. The van der Waals surface area contributed by atoms with Gasteiger partial charge >= 0.3 is 0 Å². The molecule has 0 saturated heterocycles. The Labute approximate surface area is 145 Å². The molecule has 132 valence electrons. The summed E-state index contributed by atoms with van der Waals surface area (Å²) in [5.41, 5.74) is 3.99. The molecule has 2 rings (SSSR count). The third kappa shape index (κ3) is 3.81. The van der Waals surface area contributed by atoms with Gasteiger partial charge in [-0.1, -0.05) is 25.1 Å². The Kier molecular flexibility index (Phi) is 6.44. The zero-order valence-corrected chi connectivity index (χ0v) is 15.6. The second kappa shape index (κ2) is 8.34. The number of aryl methyl sites for hydroxylation is 2. The molecule has 24 heavy (non-hydrogen) atoms. The molecule has 0 bridgehead atoms. The van der Waals surface area contributed by atoms with E-state index in [1.807, 2.05) is 11.9 Å². The molecule has 1 heterocycles. The summed E-state index contributed by atoms with van der Waals surface area (Å²) in [5.74, 6) is 0.460. The van der Waals surface area contributed by atoms with E-state index in [1.165, 1.54) is 22.2 Å². The minimum absolute atomic E-state index is 0.119. The summed E-state index contributed by atoms with van der Waals surface area (Å²) in [4.78, 5) is 13.5. The van der Waals surface area contributed by atoms with Gasteiger partial charge < -0.3 is 14.2 Å². The fraction of sp³-hybridized carbons (Fsp3) is 0.550. The summed E-state index contributed by atoms with van der Waals surface area (Å²) in [6, 6.07) is 8.59. The van der Waals surface area contributed by atoms with Crippen molar-refractivity contribution in [2.45, 2.75) is 46.1 Å². The van der Waals surface area contributed by atoms with Crippen LogP contribution in [0.25, 0.3) is 10.9 Å². The average Bonchev–Trinajstić information content (AvgIpc) is 2.85. The molecule has 4 heteroatoms. The topological polar surface area (TPSA) is 34.5 Å². The van der Waals surface area contributed by atoms with Crippen LogP contribution in [0.4, 0.5) is 0 Å². The lowest BCUT2D eigenvalue weighted by Crippen LogP contribution is -2.30. The highest BCUT2D eigenvalue weighted by atomic mass is 16.5. The van der Waals surface area contributed by atoms with E-state index >= 15 is 0 Å². The van der Waals surface area contributed by atoms with Crippen LogP contribution in [0, 0.1) is 6.92 Å². The van der Waals surface area contributed by atoms with E-state index in [1.54, 1.807) is 14.0 Å². The van der Waals surface area contributed by atoms with Crippen molar-refractivity contribution in [1.29, 1.82) is 0 Å². The zero-order chi connectivity index (χ0) is 17.7. The lowest BCUT2D eigenvalue weighted by Gasteiger charge is -2.25. The van der Waals surface area contributed by atoms with E-state index in [-0.39, 0.29) is 5.91 Å². The third-order valence-corrected chi connectivity index (χ3v) is 4.92. The SMILES string of the molecule is CCC(CN(C)C(C)=O)c1c(C)c2ccccc2n1CCCOC. The smallest absolute Gasteiger partial charge is 0.219 e. The van der Waals surface area contributed by atoms with Crippen LogP contribution in [0.15, 0.2) is 24.3 Å². The number of carbonyl (C=O) groups excluding carboxylic acids is 1. The standard InChI is InChI=1S/C20H30N2O2/c1-6-17(14-21(4)16(3)23)20-15(2)18-10-7-8-11-19(18)22(20)12-9-13-24-5/h7-8,10-11,17H,6,9,12-14H2,1-5H3. The molecule has 0 saturated carbocycles. The van der Waals surface area contributed by atoms with E-state index in [0.717, 1.165) is 32.5 Å². The number of methoxy groups -OCH3 is 1. The first kappa shape index (κ1) is 18.5. The second-order valence-corrected chi connectivity index (χ2v) is 6.53. The maximum atomic E-state index is 11.7. The largest absolute Gasteiger partial charge is 0.385 e. The summed E-state index contributed by atoms with van der Waals surface area (Å²) in [6.07, 6.45) is 2.00. The predicted molar refractivity (Wildman–Crippen MR) is 99.5 cm³/mol. The Bertz CT molecular complexity index is 690.